The van der Waals surface area contributed by atoms with E-state index < -0.39 is 0 Å². The second-order valence-electron chi connectivity index (χ2n) is 5.90. The summed E-state index contributed by atoms with van der Waals surface area (Å²) in [5.41, 5.74) is 2.00. The Kier molecular flexibility index (Phi) is 5.41. The van der Waals surface area contributed by atoms with E-state index in [1.54, 1.807) is 24.9 Å². The van der Waals surface area contributed by atoms with Crippen molar-refractivity contribution >= 4 is 6.03 Å². The lowest BCUT2D eigenvalue weighted by Gasteiger charge is -2.22. The van der Waals surface area contributed by atoms with Gasteiger partial charge in [-0.05, 0) is 30.2 Å². The van der Waals surface area contributed by atoms with Crippen LogP contribution in [0.25, 0.3) is 0 Å². The Hall–Kier alpha value is -3.15. The van der Waals surface area contributed by atoms with Gasteiger partial charge in [-0.1, -0.05) is 30.3 Å². The summed E-state index contributed by atoms with van der Waals surface area (Å²) in [6.07, 6.45) is 8.79. The lowest BCUT2D eigenvalue weighted by Crippen LogP contribution is -2.44. The molecule has 1 aromatic carbocycles. The first-order valence-corrected chi connectivity index (χ1v) is 8.20. The lowest BCUT2D eigenvalue weighted by molar-refractivity contribution is 0.234. The standard InChI is InChI=1S/C19H21N5O/c1-15(13-24-12-11-21-14-24)22-19(25)23-18(16-5-3-2-4-6-16)17-7-9-20-10-8-17/h2-12,14-15,18H,13H2,1H3,(H2,22,23,25). The molecule has 6 heteroatoms. The predicted molar refractivity (Wildman–Crippen MR) is 95.9 cm³/mol. The minimum atomic E-state index is -0.232. The largest absolute Gasteiger partial charge is 0.335 e. The zero-order valence-electron chi connectivity index (χ0n) is 14.0. The maximum atomic E-state index is 12.5. The fourth-order valence-corrected chi connectivity index (χ4v) is 2.71. The molecular formula is C19H21N5O. The molecule has 3 aromatic rings. The van der Waals surface area contributed by atoms with Crippen LogP contribution >= 0.6 is 0 Å². The third kappa shape index (κ3) is 4.67. The van der Waals surface area contributed by atoms with Crippen LogP contribution in [0.2, 0.25) is 0 Å². The predicted octanol–water partition coefficient (Wildman–Crippen LogP) is 2.76. The van der Waals surface area contributed by atoms with Gasteiger partial charge in [-0.15, -0.1) is 0 Å². The van der Waals surface area contributed by atoms with Crippen LogP contribution in [0.3, 0.4) is 0 Å². The van der Waals surface area contributed by atoms with Gasteiger partial charge in [0.25, 0.3) is 0 Å². The van der Waals surface area contributed by atoms with E-state index in [1.807, 2.05) is 60.2 Å². The minimum absolute atomic E-state index is 0.0249. The highest BCUT2D eigenvalue weighted by molar-refractivity contribution is 5.75. The first kappa shape index (κ1) is 16.7. The molecule has 3 rings (SSSR count). The third-order valence-corrected chi connectivity index (χ3v) is 3.87. The summed E-state index contributed by atoms with van der Waals surface area (Å²) < 4.78 is 1.93. The second kappa shape index (κ2) is 8.10. The van der Waals surface area contributed by atoms with E-state index in [1.165, 1.54) is 0 Å². The van der Waals surface area contributed by atoms with Crippen LogP contribution in [0, 0.1) is 0 Å². The minimum Gasteiger partial charge on any atom is -0.335 e. The van der Waals surface area contributed by atoms with Crippen LogP contribution in [0.1, 0.15) is 24.1 Å². The second-order valence-corrected chi connectivity index (χ2v) is 5.90. The molecule has 0 aliphatic heterocycles. The number of nitrogens with one attached hydrogen (secondary N) is 2. The highest BCUT2D eigenvalue weighted by Gasteiger charge is 2.17. The summed E-state index contributed by atoms with van der Waals surface area (Å²) in [7, 11) is 0. The Morgan fingerprint density at radius 2 is 1.72 bits per heavy atom. The fourth-order valence-electron chi connectivity index (χ4n) is 2.71. The molecular weight excluding hydrogens is 314 g/mol. The van der Waals surface area contributed by atoms with Crippen LogP contribution in [-0.4, -0.2) is 26.6 Å². The Labute approximate surface area is 146 Å². The molecule has 2 heterocycles. The molecule has 25 heavy (non-hydrogen) atoms. The first-order chi connectivity index (χ1) is 12.2. The maximum absolute atomic E-state index is 12.5. The Morgan fingerprint density at radius 3 is 2.40 bits per heavy atom. The Bertz CT molecular complexity index is 735. The van der Waals surface area contributed by atoms with Crippen molar-refractivity contribution in [3.8, 4) is 0 Å². The molecule has 2 aromatic heterocycles. The summed E-state index contributed by atoms with van der Waals surface area (Å²) in [5, 5.41) is 6.03. The number of hydrogen-bond acceptors (Lipinski definition) is 3. The third-order valence-electron chi connectivity index (χ3n) is 3.87. The average molecular weight is 335 g/mol. The zero-order valence-corrected chi connectivity index (χ0v) is 14.0. The number of nitrogens with zero attached hydrogens (tertiary/aromatic N) is 3. The van der Waals surface area contributed by atoms with Crippen LogP contribution in [0.5, 0.6) is 0 Å². The van der Waals surface area contributed by atoms with Gasteiger partial charge in [-0.25, -0.2) is 9.78 Å². The molecule has 128 valence electrons. The van der Waals surface area contributed by atoms with Gasteiger partial charge in [0.15, 0.2) is 0 Å². The summed E-state index contributed by atoms with van der Waals surface area (Å²) in [4.78, 5) is 20.5. The molecule has 0 aliphatic carbocycles. The molecule has 0 spiro atoms. The Balaban J connectivity index is 1.68. The van der Waals surface area contributed by atoms with Crippen molar-refractivity contribution in [2.75, 3.05) is 0 Å². The molecule has 0 saturated heterocycles. The van der Waals surface area contributed by atoms with E-state index in [0.717, 1.165) is 11.1 Å². The molecule has 0 fully saturated rings. The monoisotopic (exact) mass is 335 g/mol. The van der Waals surface area contributed by atoms with Crippen LogP contribution in [0.15, 0.2) is 73.6 Å². The average Bonchev–Trinajstić information content (AvgIpc) is 3.14. The molecule has 2 N–H and O–H groups in total. The van der Waals surface area contributed by atoms with E-state index in [0.29, 0.717) is 6.54 Å². The Morgan fingerprint density at radius 1 is 1.00 bits per heavy atom. The number of hydrogen-bond donors (Lipinski definition) is 2. The van der Waals surface area contributed by atoms with Crippen LogP contribution in [0.4, 0.5) is 4.79 Å². The molecule has 0 radical (unpaired) electrons. The molecule has 0 aliphatic rings. The topological polar surface area (TPSA) is 71.8 Å². The number of urea groups is 1. The van der Waals surface area contributed by atoms with Gasteiger partial charge in [0.2, 0.25) is 0 Å². The number of aromatic nitrogens is 3. The lowest BCUT2D eigenvalue weighted by atomic mass is 10.00. The van der Waals surface area contributed by atoms with E-state index in [2.05, 4.69) is 20.6 Å². The van der Waals surface area contributed by atoms with Crippen molar-refractivity contribution in [3.05, 3.63) is 84.7 Å². The quantitative estimate of drug-likeness (QED) is 0.727. The smallest absolute Gasteiger partial charge is 0.315 e. The molecule has 2 atom stereocenters. The van der Waals surface area contributed by atoms with Crippen molar-refractivity contribution in [1.29, 1.82) is 0 Å². The van der Waals surface area contributed by atoms with Gasteiger partial charge in [0.1, 0.15) is 0 Å². The van der Waals surface area contributed by atoms with E-state index in [-0.39, 0.29) is 18.1 Å². The van der Waals surface area contributed by atoms with Gasteiger partial charge in [0.05, 0.1) is 12.4 Å². The molecule has 0 bridgehead atoms. The molecule has 2 unspecified atom stereocenters. The van der Waals surface area contributed by atoms with Gasteiger partial charge < -0.3 is 15.2 Å². The molecule has 0 saturated carbocycles. The summed E-state index contributed by atoms with van der Waals surface area (Å²) >= 11 is 0. The van der Waals surface area contributed by atoms with E-state index >= 15 is 0 Å². The summed E-state index contributed by atoms with van der Waals surface area (Å²) in [6.45, 7) is 2.63. The molecule has 6 nitrogen and oxygen atoms in total. The normalized spacial score (nSPS) is 13.0. The van der Waals surface area contributed by atoms with Gasteiger partial charge >= 0.3 is 6.03 Å². The van der Waals surface area contributed by atoms with Crippen molar-refractivity contribution in [2.45, 2.75) is 25.6 Å². The number of rotatable bonds is 6. The van der Waals surface area contributed by atoms with E-state index in [4.69, 9.17) is 0 Å². The number of carbonyl (C=O) groups is 1. The maximum Gasteiger partial charge on any atom is 0.315 e. The summed E-state index contributed by atoms with van der Waals surface area (Å²) in [6, 6.07) is 13.2. The zero-order chi connectivity index (χ0) is 17.5. The van der Waals surface area contributed by atoms with Crippen LogP contribution < -0.4 is 10.6 Å². The number of imidazole rings is 1. The fraction of sp³-hybridized carbons (Fsp3) is 0.211. The van der Waals surface area contributed by atoms with Gasteiger partial charge in [-0.2, -0.15) is 0 Å². The van der Waals surface area contributed by atoms with Crippen molar-refractivity contribution in [3.63, 3.8) is 0 Å². The SMILES string of the molecule is CC(Cn1ccnc1)NC(=O)NC(c1ccccc1)c1ccncc1. The highest BCUT2D eigenvalue weighted by Crippen LogP contribution is 2.21. The van der Waals surface area contributed by atoms with Crippen molar-refractivity contribution in [1.82, 2.24) is 25.2 Å². The molecule has 2 amide bonds. The summed E-state index contributed by atoms with van der Waals surface area (Å²) in [5.74, 6) is 0. The number of amides is 2. The first-order valence-electron chi connectivity index (χ1n) is 8.20. The van der Waals surface area contributed by atoms with E-state index in [9.17, 15) is 4.79 Å². The number of carbonyl (C=O) groups excluding carboxylic acids is 1. The van der Waals surface area contributed by atoms with Crippen molar-refractivity contribution in [2.24, 2.45) is 0 Å². The van der Waals surface area contributed by atoms with Crippen LogP contribution in [-0.2, 0) is 6.54 Å². The number of pyridine rings is 1. The van der Waals surface area contributed by atoms with Crippen molar-refractivity contribution < 1.29 is 4.79 Å². The van der Waals surface area contributed by atoms with Gasteiger partial charge in [-0.3, -0.25) is 4.98 Å². The number of benzene rings is 1. The highest BCUT2D eigenvalue weighted by atomic mass is 16.2. The van der Waals surface area contributed by atoms with Gasteiger partial charge in [0, 0.05) is 37.4 Å².